The van der Waals surface area contributed by atoms with E-state index in [1.807, 2.05) is 0 Å². The van der Waals surface area contributed by atoms with Crippen LogP contribution in [-0.2, 0) is 19.4 Å². The van der Waals surface area contributed by atoms with Crippen LogP contribution in [0.4, 0.5) is 22.0 Å². The van der Waals surface area contributed by atoms with Gasteiger partial charge in [0.05, 0.1) is 6.61 Å². The van der Waals surface area contributed by atoms with E-state index in [-0.39, 0.29) is 32.3 Å². The molecule has 0 aromatic rings. The van der Waals surface area contributed by atoms with Crippen LogP contribution in [0.3, 0.4) is 0 Å². The maximum atomic E-state index is 12.6. The molecule has 0 spiro atoms. The second kappa shape index (κ2) is 12.8. The molecule has 0 fully saturated rings. The van der Waals surface area contributed by atoms with E-state index in [0.717, 1.165) is 0 Å². The molecule has 0 heterocycles. The number of unbranched alkanes of at least 4 members (excludes halogenated alkanes) is 6. The molecule has 0 aliphatic heterocycles. The third-order valence-corrected chi connectivity index (χ3v) is 3.56. The van der Waals surface area contributed by atoms with E-state index in [9.17, 15) is 31.5 Å². The van der Waals surface area contributed by atoms with Gasteiger partial charge in [-0.3, -0.25) is 9.68 Å². The van der Waals surface area contributed by atoms with Crippen molar-refractivity contribution in [3.63, 3.8) is 0 Å². The molecular formula is C16H25F5O5. The first-order valence-electron chi connectivity index (χ1n) is 8.55. The number of rotatable bonds is 15. The molecule has 154 valence electrons. The van der Waals surface area contributed by atoms with Gasteiger partial charge in [-0.1, -0.05) is 25.7 Å². The lowest BCUT2D eigenvalue weighted by Gasteiger charge is -2.19. The Labute approximate surface area is 148 Å². The maximum absolute atomic E-state index is 12.6. The van der Waals surface area contributed by atoms with Gasteiger partial charge in [-0.05, 0) is 25.7 Å². The van der Waals surface area contributed by atoms with Crippen LogP contribution < -0.4 is 0 Å². The van der Waals surface area contributed by atoms with E-state index in [1.54, 1.807) is 0 Å². The largest absolute Gasteiger partial charge is 0.481 e. The number of halogens is 5. The molecule has 5 nitrogen and oxygen atoms in total. The lowest BCUT2D eigenvalue weighted by molar-refractivity contribution is -0.284. The Balaban J connectivity index is 3.44. The third-order valence-electron chi connectivity index (χ3n) is 3.56. The van der Waals surface area contributed by atoms with Crippen LogP contribution in [0.5, 0.6) is 0 Å². The Morgan fingerprint density at radius 3 is 1.88 bits per heavy atom. The number of hydrogen-bond donors (Lipinski definition) is 1. The smallest absolute Gasteiger partial charge is 0.453 e. The van der Waals surface area contributed by atoms with Crippen molar-refractivity contribution in [1.29, 1.82) is 0 Å². The lowest BCUT2D eigenvalue weighted by atomic mass is 10.1. The Bertz CT molecular complexity index is 412. The molecule has 0 saturated heterocycles. The van der Waals surface area contributed by atoms with Crippen molar-refractivity contribution in [1.82, 2.24) is 0 Å². The fourth-order valence-corrected chi connectivity index (χ4v) is 2.05. The molecule has 1 N–H and O–H groups in total. The number of carboxylic acid groups (broad SMARTS) is 1. The average molecular weight is 392 g/mol. The van der Waals surface area contributed by atoms with Crippen molar-refractivity contribution >= 4 is 11.9 Å². The van der Waals surface area contributed by atoms with Crippen molar-refractivity contribution in [2.45, 2.75) is 82.7 Å². The SMILES string of the molecule is O=C(O)CCCCCCC(=O)OOCCCCCCC(F)(F)C(F)(F)F. The molecule has 0 amide bonds. The Hall–Kier alpha value is -1.45. The number of carboxylic acids is 1. The van der Waals surface area contributed by atoms with Gasteiger partial charge in [-0.25, -0.2) is 4.79 Å². The fraction of sp³-hybridized carbons (Fsp3) is 0.875. The standard InChI is InChI=1S/C16H25F5O5/c17-15(18,16(19,20)21)11-7-3-4-8-12-25-26-14(24)10-6-2-1-5-9-13(22)23/h1-12H2,(H,22,23). The summed E-state index contributed by atoms with van der Waals surface area (Å²) >= 11 is 0. The lowest BCUT2D eigenvalue weighted by Crippen LogP contribution is -2.36. The maximum Gasteiger partial charge on any atom is 0.453 e. The van der Waals surface area contributed by atoms with Gasteiger partial charge in [0, 0.05) is 19.3 Å². The van der Waals surface area contributed by atoms with Crippen LogP contribution in [0.1, 0.15) is 70.6 Å². The predicted octanol–water partition coefficient (Wildman–Crippen LogP) is 5.03. The van der Waals surface area contributed by atoms with Crippen molar-refractivity contribution in [2.75, 3.05) is 6.61 Å². The first-order valence-corrected chi connectivity index (χ1v) is 8.55. The minimum Gasteiger partial charge on any atom is -0.481 e. The monoisotopic (exact) mass is 392 g/mol. The van der Waals surface area contributed by atoms with Crippen LogP contribution in [0.2, 0.25) is 0 Å². The molecule has 0 rings (SSSR count). The zero-order valence-corrected chi connectivity index (χ0v) is 14.5. The number of hydrogen-bond acceptors (Lipinski definition) is 4. The second-order valence-electron chi connectivity index (χ2n) is 5.95. The van der Waals surface area contributed by atoms with Gasteiger partial charge in [0.2, 0.25) is 0 Å². The molecule has 26 heavy (non-hydrogen) atoms. The normalized spacial score (nSPS) is 12.2. The summed E-state index contributed by atoms with van der Waals surface area (Å²) in [6, 6.07) is 0. The van der Waals surface area contributed by atoms with Crippen LogP contribution in [0.15, 0.2) is 0 Å². The van der Waals surface area contributed by atoms with Crippen molar-refractivity contribution in [3.8, 4) is 0 Å². The summed E-state index contributed by atoms with van der Waals surface area (Å²) in [5.41, 5.74) is 0. The summed E-state index contributed by atoms with van der Waals surface area (Å²) in [4.78, 5) is 30.7. The summed E-state index contributed by atoms with van der Waals surface area (Å²) in [6.45, 7) is 0.0417. The second-order valence-corrected chi connectivity index (χ2v) is 5.95. The van der Waals surface area contributed by atoms with E-state index in [0.29, 0.717) is 38.5 Å². The van der Waals surface area contributed by atoms with Gasteiger partial charge < -0.3 is 5.11 Å². The van der Waals surface area contributed by atoms with Gasteiger partial charge in [0.25, 0.3) is 0 Å². The zero-order chi connectivity index (χ0) is 20.1. The molecule has 0 aliphatic carbocycles. The minimum atomic E-state index is -5.51. The zero-order valence-electron chi connectivity index (χ0n) is 14.5. The molecule has 0 aliphatic rings. The highest BCUT2D eigenvalue weighted by Gasteiger charge is 2.56. The summed E-state index contributed by atoms with van der Waals surface area (Å²) in [6.07, 6.45) is -3.31. The van der Waals surface area contributed by atoms with E-state index in [1.165, 1.54) is 0 Å². The quantitative estimate of drug-likeness (QED) is 0.183. The Morgan fingerprint density at radius 2 is 1.31 bits per heavy atom. The Morgan fingerprint density at radius 1 is 0.769 bits per heavy atom. The van der Waals surface area contributed by atoms with Crippen molar-refractivity contribution in [3.05, 3.63) is 0 Å². The van der Waals surface area contributed by atoms with E-state index in [2.05, 4.69) is 9.78 Å². The van der Waals surface area contributed by atoms with Gasteiger partial charge in [-0.2, -0.15) is 26.8 Å². The number of carbonyl (C=O) groups excluding carboxylic acids is 1. The number of alkyl halides is 5. The summed E-state index contributed by atoms with van der Waals surface area (Å²) < 4.78 is 61.0. The van der Waals surface area contributed by atoms with Gasteiger partial charge in [0.15, 0.2) is 0 Å². The van der Waals surface area contributed by atoms with Crippen LogP contribution >= 0.6 is 0 Å². The summed E-state index contributed by atoms with van der Waals surface area (Å²) in [5, 5.41) is 8.45. The molecule has 0 saturated carbocycles. The van der Waals surface area contributed by atoms with Crippen LogP contribution in [0.25, 0.3) is 0 Å². The van der Waals surface area contributed by atoms with E-state index < -0.39 is 30.5 Å². The highest BCUT2D eigenvalue weighted by Crippen LogP contribution is 2.39. The summed E-state index contributed by atoms with van der Waals surface area (Å²) in [5.74, 6) is -6.08. The van der Waals surface area contributed by atoms with Crippen molar-refractivity contribution in [2.24, 2.45) is 0 Å². The Kier molecular flexibility index (Phi) is 12.1. The van der Waals surface area contributed by atoms with Crippen LogP contribution in [-0.4, -0.2) is 35.8 Å². The molecule has 10 heteroatoms. The van der Waals surface area contributed by atoms with E-state index >= 15 is 0 Å². The molecule has 0 atom stereocenters. The molecule has 0 aromatic carbocycles. The highest BCUT2D eigenvalue weighted by atomic mass is 19.4. The summed E-state index contributed by atoms with van der Waals surface area (Å²) in [7, 11) is 0. The third kappa shape index (κ3) is 12.8. The molecular weight excluding hydrogens is 367 g/mol. The number of aliphatic carboxylic acids is 1. The molecule has 0 radical (unpaired) electrons. The fourth-order valence-electron chi connectivity index (χ4n) is 2.05. The first kappa shape index (κ1) is 24.6. The minimum absolute atomic E-state index is 0.0417. The average Bonchev–Trinajstić information content (AvgIpc) is 2.51. The topological polar surface area (TPSA) is 72.8 Å². The van der Waals surface area contributed by atoms with Gasteiger partial charge >= 0.3 is 24.0 Å². The first-order chi connectivity index (χ1) is 12.1. The van der Waals surface area contributed by atoms with E-state index in [4.69, 9.17) is 5.11 Å². The van der Waals surface area contributed by atoms with Crippen LogP contribution in [0, 0.1) is 0 Å². The molecule has 0 unspecified atom stereocenters. The predicted molar refractivity (Wildman–Crippen MR) is 81.5 cm³/mol. The van der Waals surface area contributed by atoms with Gasteiger partial charge in [0.1, 0.15) is 0 Å². The van der Waals surface area contributed by atoms with Crippen molar-refractivity contribution < 1.29 is 46.4 Å². The molecule has 0 aromatic heterocycles. The number of carbonyl (C=O) groups is 2. The molecule has 0 bridgehead atoms. The highest BCUT2D eigenvalue weighted by molar-refractivity contribution is 5.68. The van der Waals surface area contributed by atoms with Gasteiger partial charge in [-0.15, -0.1) is 0 Å².